The topological polar surface area (TPSA) is 26.3 Å². The van der Waals surface area contributed by atoms with Crippen LogP contribution < -0.4 is 0 Å². The van der Waals surface area contributed by atoms with E-state index in [-0.39, 0.29) is 5.97 Å². The average Bonchev–Trinajstić information content (AvgIpc) is 3.12. The van der Waals surface area contributed by atoms with Gasteiger partial charge >= 0.3 is 5.97 Å². The van der Waals surface area contributed by atoms with E-state index in [1.165, 1.54) is 36.1 Å². The molecule has 0 aliphatic carbocycles. The zero-order chi connectivity index (χ0) is 18.1. The van der Waals surface area contributed by atoms with Gasteiger partial charge in [0.15, 0.2) is 0 Å². The molecule has 0 aliphatic heterocycles. The van der Waals surface area contributed by atoms with Crippen LogP contribution in [0.5, 0.6) is 0 Å². The highest BCUT2D eigenvalue weighted by atomic mass is 32.1. The smallest absolute Gasteiger partial charge is 0.317 e. The Morgan fingerprint density at radius 2 is 1.84 bits per heavy atom. The molecule has 2 rings (SSSR count). The van der Waals surface area contributed by atoms with Crippen LogP contribution in [-0.2, 0) is 28.0 Å². The summed E-state index contributed by atoms with van der Waals surface area (Å²) in [4.78, 5) is 14.1. The molecule has 2 nitrogen and oxygen atoms in total. The van der Waals surface area contributed by atoms with Crippen molar-refractivity contribution in [1.82, 2.24) is 0 Å². The van der Waals surface area contributed by atoms with Gasteiger partial charge in [-0.3, -0.25) is 4.79 Å². The maximum atomic E-state index is 12.9. The minimum atomic E-state index is -0.553. The normalized spacial score (nSPS) is 13.4. The van der Waals surface area contributed by atoms with E-state index in [1.807, 2.05) is 37.3 Å². The monoisotopic (exact) mass is 358 g/mol. The second kappa shape index (κ2) is 9.76. The largest absolute Gasteiger partial charge is 0.460 e. The third-order valence-corrected chi connectivity index (χ3v) is 6.14. The van der Waals surface area contributed by atoms with Gasteiger partial charge in [-0.2, -0.15) is 0 Å². The van der Waals surface area contributed by atoms with Crippen molar-refractivity contribution in [3.05, 3.63) is 57.8 Å². The van der Waals surface area contributed by atoms with Crippen LogP contribution in [0, 0.1) is 0 Å². The van der Waals surface area contributed by atoms with Crippen molar-refractivity contribution in [1.29, 1.82) is 0 Å². The molecule has 136 valence electrons. The van der Waals surface area contributed by atoms with E-state index in [9.17, 15) is 4.79 Å². The van der Waals surface area contributed by atoms with Gasteiger partial charge in [0.25, 0.3) is 0 Å². The highest BCUT2D eigenvalue weighted by Gasteiger charge is 2.37. The predicted octanol–water partition coefficient (Wildman–Crippen LogP) is 6.28. The van der Waals surface area contributed by atoms with Crippen molar-refractivity contribution in [2.45, 2.75) is 71.3 Å². The van der Waals surface area contributed by atoms with E-state index in [2.05, 4.69) is 25.3 Å². The minimum absolute atomic E-state index is 0.115. The molecule has 0 bridgehead atoms. The Balaban J connectivity index is 2.05. The van der Waals surface area contributed by atoms with Crippen LogP contribution in [0.4, 0.5) is 0 Å². The van der Waals surface area contributed by atoms with Crippen LogP contribution in [0.25, 0.3) is 0 Å². The fourth-order valence-corrected chi connectivity index (χ4v) is 4.22. The quantitative estimate of drug-likeness (QED) is 0.369. The number of hydrogen-bond acceptors (Lipinski definition) is 3. The summed E-state index contributed by atoms with van der Waals surface area (Å²) in [6.45, 7) is 6.67. The molecular formula is C22H30O2S. The second-order valence-electron chi connectivity index (χ2n) is 6.83. The summed E-state index contributed by atoms with van der Waals surface area (Å²) in [5, 5.41) is 2.11. The van der Waals surface area contributed by atoms with E-state index < -0.39 is 5.41 Å². The number of ether oxygens (including phenoxy) is 1. The molecule has 0 N–H and O–H groups in total. The van der Waals surface area contributed by atoms with E-state index in [0.29, 0.717) is 6.61 Å². The lowest BCUT2D eigenvalue weighted by Gasteiger charge is -2.26. The first-order chi connectivity index (χ1) is 12.1. The summed E-state index contributed by atoms with van der Waals surface area (Å²) < 4.78 is 5.67. The van der Waals surface area contributed by atoms with Gasteiger partial charge in [-0.25, -0.2) is 0 Å². The fraction of sp³-hybridized carbons (Fsp3) is 0.500. The predicted molar refractivity (Wildman–Crippen MR) is 106 cm³/mol. The number of rotatable bonds is 10. The van der Waals surface area contributed by atoms with Gasteiger partial charge in [-0.1, -0.05) is 63.4 Å². The molecular weight excluding hydrogens is 328 g/mol. The molecule has 0 radical (unpaired) electrons. The number of carbonyl (C=O) groups excluding carboxylic acids is 1. The van der Waals surface area contributed by atoms with Crippen molar-refractivity contribution >= 4 is 17.3 Å². The number of benzene rings is 1. The van der Waals surface area contributed by atoms with Gasteiger partial charge in [0, 0.05) is 4.88 Å². The number of thiophene rings is 1. The molecule has 0 saturated carbocycles. The number of aryl methyl sites for hydroxylation is 1. The zero-order valence-corrected chi connectivity index (χ0v) is 16.5. The zero-order valence-electron chi connectivity index (χ0n) is 15.7. The van der Waals surface area contributed by atoms with Crippen molar-refractivity contribution < 1.29 is 9.53 Å². The molecule has 3 heteroatoms. The SMILES string of the molecule is CCCCCCc1ccsc1C(C)(CC)C(=O)OCc1ccccc1. The molecule has 0 spiro atoms. The van der Waals surface area contributed by atoms with Gasteiger partial charge in [-0.15, -0.1) is 11.3 Å². The molecule has 25 heavy (non-hydrogen) atoms. The lowest BCUT2D eigenvalue weighted by molar-refractivity contribution is -0.151. The van der Waals surface area contributed by atoms with Crippen LogP contribution in [-0.4, -0.2) is 5.97 Å². The van der Waals surface area contributed by atoms with Crippen molar-refractivity contribution in [3.63, 3.8) is 0 Å². The fourth-order valence-electron chi connectivity index (χ4n) is 3.04. The molecule has 1 unspecified atom stereocenters. The van der Waals surface area contributed by atoms with Gasteiger partial charge in [0.1, 0.15) is 6.61 Å². The Bertz CT molecular complexity index is 647. The summed E-state index contributed by atoms with van der Waals surface area (Å²) in [6, 6.07) is 12.1. The highest BCUT2D eigenvalue weighted by Crippen LogP contribution is 2.36. The molecule has 0 aliphatic rings. The Morgan fingerprint density at radius 3 is 2.52 bits per heavy atom. The van der Waals surface area contributed by atoms with Gasteiger partial charge in [0.2, 0.25) is 0 Å². The van der Waals surface area contributed by atoms with Crippen LogP contribution >= 0.6 is 11.3 Å². The lowest BCUT2D eigenvalue weighted by Crippen LogP contribution is -2.33. The molecule has 1 aromatic heterocycles. The van der Waals surface area contributed by atoms with Crippen molar-refractivity contribution in [2.24, 2.45) is 0 Å². The van der Waals surface area contributed by atoms with E-state index in [4.69, 9.17) is 4.74 Å². The van der Waals surface area contributed by atoms with E-state index in [1.54, 1.807) is 11.3 Å². The van der Waals surface area contributed by atoms with Crippen LogP contribution in [0.2, 0.25) is 0 Å². The van der Waals surface area contributed by atoms with Crippen molar-refractivity contribution in [3.8, 4) is 0 Å². The van der Waals surface area contributed by atoms with Crippen molar-refractivity contribution in [2.75, 3.05) is 0 Å². The molecule has 1 heterocycles. The molecule has 2 aromatic rings. The molecule has 0 fully saturated rings. The Kier molecular flexibility index (Phi) is 7.70. The first-order valence-corrected chi connectivity index (χ1v) is 10.3. The molecule has 1 atom stereocenters. The Morgan fingerprint density at radius 1 is 1.08 bits per heavy atom. The maximum Gasteiger partial charge on any atom is 0.317 e. The summed E-state index contributed by atoms with van der Waals surface area (Å²) in [5.41, 5.74) is 1.80. The van der Waals surface area contributed by atoms with Gasteiger partial charge in [-0.05, 0) is 48.8 Å². The van der Waals surface area contributed by atoms with Crippen LogP contribution in [0.15, 0.2) is 41.8 Å². The van der Waals surface area contributed by atoms with E-state index >= 15 is 0 Å². The summed E-state index contributed by atoms with van der Waals surface area (Å²) in [7, 11) is 0. The molecule has 0 amide bonds. The Labute approximate surface area is 156 Å². The summed E-state index contributed by atoms with van der Waals surface area (Å²) in [5.74, 6) is -0.115. The third-order valence-electron chi connectivity index (χ3n) is 4.92. The standard InChI is InChI=1S/C22H30O2S/c1-4-6-7-11-14-19-15-16-25-20(19)22(3,5-2)21(23)24-17-18-12-9-8-10-13-18/h8-10,12-13,15-16H,4-7,11,14,17H2,1-3H3. The first kappa shape index (κ1) is 19.7. The lowest BCUT2D eigenvalue weighted by atomic mass is 9.83. The minimum Gasteiger partial charge on any atom is -0.460 e. The average molecular weight is 359 g/mol. The maximum absolute atomic E-state index is 12.9. The van der Waals surface area contributed by atoms with Gasteiger partial charge < -0.3 is 4.74 Å². The van der Waals surface area contributed by atoms with Gasteiger partial charge in [0.05, 0.1) is 5.41 Å². The third kappa shape index (κ3) is 5.18. The van der Waals surface area contributed by atoms with Crippen LogP contribution in [0.1, 0.15) is 68.9 Å². The summed E-state index contributed by atoms with van der Waals surface area (Å²) >= 11 is 1.69. The van der Waals surface area contributed by atoms with E-state index in [0.717, 1.165) is 18.4 Å². The number of esters is 1. The number of unbranched alkanes of at least 4 members (excludes halogenated alkanes) is 3. The molecule has 0 saturated heterocycles. The summed E-state index contributed by atoms with van der Waals surface area (Å²) in [6.07, 6.45) is 6.78. The second-order valence-corrected chi connectivity index (χ2v) is 7.75. The molecule has 1 aromatic carbocycles. The highest BCUT2D eigenvalue weighted by molar-refractivity contribution is 7.10. The van der Waals surface area contributed by atoms with Crippen LogP contribution in [0.3, 0.4) is 0 Å². The number of carbonyl (C=O) groups is 1. The first-order valence-electron chi connectivity index (χ1n) is 9.39. The number of hydrogen-bond donors (Lipinski definition) is 0. The Hall–Kier alpha value is -1.61.